The van der Waals surface area contributed by atoms with Crippen LogP contribution >= 0.6 is 0 Å². The van der Waals surface area contributed by atoms with Crippen LogP contribution in [0.1, 0.15) is 27.5 Å². The van der Waals surface area contributed by atoms with Crippen LogP contribution in [0.2, 0.25) is 0 Å². The molecule has 2 aromatic heterocycles. The zero-order valence-corrected chi connectivity index (χ0v) is 14.9. The number of carbonyl (C=O) groups is 1. The Bertz CT molecular complexity index is 778. The number of hydrogen-bond donors (Lipinski definition) is 1. The van der Waals surface area contributed by atoms with Crippen LogP contribution in [0.3, 0.4) is 0 Å². The van der Waals surface area contributed by atoms with E-state index in [2.05, 4.69) is 5.10 Å². The Labute approximate surface area is 154 Å². The van der Waals surface area contributed by atoms with Crippen molar-refractivity contribution in [1.29, 1.82) is 0 Å². The van der Waals surface area contributed by atoms with E-state index in [4.69, 9.17) is 9.52 Å². The van der Waals surface area contributed by atoms with Gasteiger partial charge in [0.25, 0.3) is 5.91 Å². The number of rotatable bonds is 5. The summed E-state index contributed by atoms with van der Waals surface area (Å²) in [6.07, 6.45) is -3.31. The molecule has 0 atom stereocenters. The lowest BCUT2D eigenvalue weighted by atomic mass is 10.1. The zero-order valence-electron chi connectivity index (χ0n) is 14.9. The number of aliphatic hydroxyl groups is 1. The highest BCUT2D eigenvalue weighted by Gasteiger charge is 2.42. The SMILES string of the molecule is Cc1c(C(=O)N2CCN(CCO)CC2)c(C(F)(F)F)nn1Cc1ccco1. The lowest BCUT2D eigenvalue weighted by Crippen LogP contribution is -2.49. The van der Waals surface area contributed by atoms with Crippen molar-refractivity contribution in [1.82, 2.24) is 19.6 Å². The van der Waals surface area contributed by atoms with Crippen LogP contribution in [-0.2, 0) is 12.7 Å². The molecule has 3 heterocycles. The third kappa shape index (κ3) is 4.16. The van der Waals surface area contributed by atoms with Crippen LogP contribution < -0.4 is 0 Å². The fraction of sp³-hybridized carbons (Fsp3) is 0.529. The van der Waals surface area contributed by atoms with Crippen LogP contribution in [0.25, 0.3) is 0 Å². The molecule has 148 valence electrons. The quantitative estimate of drug-likeness (QED) is 0.845. The molecule has 0 aromatic carbocycles. The van der Waals surface area contributed by atoms with Crippen LogP contribution in [-0.4, -0.2) is 69.9 Å². The highest BCUT2D eigenvalue weighted by Crippen LogP contribution is 2.33. The molecule has 0 bridgehead atoms. The molecule has 0 radical (unpaired) electrons. The average molecular weight is 386 g/mol. The Kier molecular flexibility index (Phi) is 5.56. The molecule has 1 aliphatic rings. The molecule has 0 unspecified atom stereocenters. The van der Waals surface area contributed by atoms with E-state index in [9.17, 15) is 18.0 Å². The molecule has 10 heteroatoms. The molecular weight excluding hydrogens is 365 g/mol. The van der Waals surface area contributed by atoms with Crippen molar-refractivity contribution in [3.8, 4) is 0 Å². The van der Waals surface area contributed by atoms with Gasteiger partial charge in [0.2, 0.25) is 0 Å². The van der Waals surface area contributed by atoms with Gasteiger partial charge in [-0.15, -0.1) is 0 Å². The molecule has 7 nitrogen and oxygen atoms in total. The van der Waals surface area contributed by atoms with Crippen molar-refractivity contribution in [2.75, 3.05) is 39.3 Å². The number of alkyl halides is 3. The van der Waals surface area contributed by atoms with Crippen molar-refractivity contribution in [2.45, 2.75) is 19.6 Å². The van der Waals surface area contributed by atoms with Gasteiger partial charge in [-0.2, -0.15) is 18.3 Å². The Morgan fingerprint density at radius 3 is 2.56 bits per heavy atom. The summed E-state index contributed by atoms with van der Waals surface area (Å²) in [6.45, 7) is 3.58. The van der Waals surface area contributed by atoms with Crippen LogP contribution in [0.5, 0.6) is 0 Å². The van der Waals surface area contributed by atoms with Crippen molar-refractivity contribution < 1.29 is 27.5 Å². The van der Waals surface area contributed by atoms with Crippen molar-refractivity contribution >= 4 is 5.91 Å². The molecule has 0 saturated carbocycles. The largest absolute Gasteiger partial charge is 0.467 e. The van der Waals surface area contributed by atoms with Crippen LogP contribution in [0.4, 0.5) is 13.2 Å². The smallest absolute Gasteiger partial charge is 0.435 e. The normalized spacial score (nSPS) is 16.1. The third-order valence-electron chi connectivity index (χ3n) is 4.65. The number of aromatic nitrogens is 2. The van der Waals surface area contributed by atoms with Gasteiger partial charge in [0.05, 0.1) is 25.0 Å². The first kappa shape index (κ1) is 19.4. The molecule has 1 saturated heterocycles. The van der Waals surface area contributed by atoms with E-state index < -0.39 is 23.3 Å². The Hall–Kier alpha value is -2.33. The molecule has 3 rings (SSSR count). The maximum Gasteiger partial charge on any atom is 0.435 e. The second kappa shape index (κ2) is 7.73. The van der Waals surface area contributed by atoms with Gasteiger partial charge in [0, 0.05) is 38.4 Å². The van der Waals surface area contributed by atoms with Gasteiger partial charge >= 0.3 is 6.18 Å². The fourth-order valence-corrected chi connectivity index (χ4v) is 3.18. The Morgan fingerprint density at radius 1 is 1.30 bits per heavy atom. The first-order valence-electron chi connectivity index (χ1n) is 8.60. The summed E-state index contributed by atoms with van der Waals surface area (Å²) in [5.41, 5.74) is -1.43. The molecule has 1 fully saturated rings. The molecule has 0 aliphatic carbocycles. The summed E-state index contributed by atoms with van der Waals surface area (Å²) in [5.74, 6) is -0.222. The van der Waals surface area contributed by atoms with Crippen LogP contribution in [0, 0.1) is 6.92 Å². The molecule has 1 amide bonds. The Balaban J connectivity index is 1.87. The van der Waals surface area contributed by atoms with Gasteiger partial charge in [-0.1, -0.05) is 0 Å². The summed E-state index contributed by atoms with van der Waals surface area (Å²) in [5, 5.41) is 12.6. The lowest BCUT2D eigenvalue weighted by Gasteiger charge is -2.34. The molecule has 27 heavy (non-hydrogen) atoms. The molecule has 2 aromatic rings. The third-order valence-corrected chi connectivity index (χ3v) is 4.65. The standard InChI is InChI=1S/C17H21F3N4O3/c1-12-14(16(26)23-6-4-22(5-7-23)8-9-25)15(17(18,19)20)21-24(12)11-13-3-2-10-27-13/h2-3,10,25H,4-9,11H2,1H3. The van der Waals surface area contributed by atoms with E-state index >= 15 is 0 Å². The molecule has 1 aliphatic heterocycles. The van der Waals surface area contributed by atoms with E-state index in [1.54, 1.807) is 12.1 Å². The minimum absolute atomic E-state index is 0.00479. The number of aliphatic hydroxyl groups excluding tert-OH is 1. The first-order chi connectivity index (χ1) is 12.8. The van der Waals surface area contributed by atoms with Crippen LogP contribution in [0.15, 0.2) is 22.8 Å². The predicted molar refractivity (Wildman–Crippen MR) is 89.2 cm³/mol. The topological polar surface area (TPSA) is 74.7 Å². The molecule has 1 N–H and O–H groups in total. The summed E-state index contributed by atoms with van der Waals surface area (Å²) in [7, 11) is 0. The average Bonchev–Trinajstić information content (AvgIpc) is 3.24. The van der Waals surface area contributed by atoms with Gasteiger partial charge in [-0.3, -0.25) is 14.4 Å². The summed E-state index contributed by atoms with van der Waals surface area (Å²) in [6, 6.07) is 3.27. The number of nitrogens with zero attached hydrogens (tertiary/aromatic N) is 4. The van der Waals surface area contributed by atoms with Gasteiger partial charge in [-0.25, -0.2) is 0 Å². The fourth-order valence-electron chi connectivity index (χ4n) is 3.18. The maximum absolute atomic E-state index is 13.5. The van der Waals surface area contributed by atoms with E-state index in [1.165, 1.54) is 18.1 Å². The number of hydrogen-bond acceptors (Lipinski definition) is 5. The number of amides is 1. The zero-order chi connectivity index (χ0) is 19.6. The van der Waals surface area contributed by atoms with E-state index in [1.807, 2.05) is 4.90 Å². The Morgan fingerprint density at radius 2 is 2.00 bits per heavy atom. The number of β-amino-alcohol motifs (C(OH)–C–C–N with tert-alkyl or cyclic N) is 1. The highest BCUT2D eigenvalue weighted by atomic mass is 19.4. The van der Waals surface area contributed by atoms with E-state index in [0.717, 1.165) is 4.68 Å². The van der Waals surface area contributed by atoms with Gasteiger partial charge in [0.1, 0.15) is 5.76 Å². The first-order valence-corrected chi connectivity index (χ1v) is 8.60. The summed E-state index contributed by atoms with van der Waals surface area (Å²) in [4.78, 5) is 16.2. The van der Waals surface area contributed by atoms with Crippen molar-refractivity contribution in [3.05, 3.63) is 41.1 Å². The van der Waals surface area contributed by atoms with E-state index in [-0.39, 0.29) is 18.8 Å². The second-order valence-electron chi connectivity index (χ2n) is 6.40. The minimum atomic E-state index is -4.73. The maximum atomic E-state index is 13.5. The second-order valence-corrected chi connectivity index (χ2v) is 6.40. The summed E-state index contributed by atoms with van der Waals surface area (Å²) >= 11 is 0. The summed E-state index contributed by atoms with van der Waals surface area (Å²) < 4.78 is 46.8. The highest BCUT2D eigenvalue weighted by molar-refractivity contribution is 5.96. The predicted octanol–water partition coefficient (Wildman–Crippen LogP) is 1.60. The number of furan rings is 1. The number of carbonyl (C=O) groups excluding carboxylic acids is 1. The minimum Gasteiger partial charge on any atom is -0.467 e. The number of halogens is 3. The number of piperazine rings is 1. The molecular formula is C17H21F3N4O3. The van der Waals surface area contributed by atoms with Gasteiger partial charge in [-0.05, 0) is 19.1 Å². The van der Waals surface area contributed by atoms with Crippen molar-refractivity contribution in [2.24, 2.45) is 0 Å². The van der Waals surface area contributed by atoms with Crippen molar-refractivity contribution in [3.63, 3.8) is 0 Å². The molecule has 0 spiro atoms. The van der Waals surface area contributed by atoms with E-state index in [0.29, 0.717) is 38.5 Å². The van der Waals surface area contributed by atoms with Gasteiger partial charge < -0.3 is 14.4 Å². The monoisotopic (exact) mass is 386 g/mol. The lowest BCUT2D eigenvalue weighted by molar-refractivity contribution is -0.141. The van der Waals surface area contributed by atoms with Gasteiger partial charge in [0.15, 0.2) is 5.69 Å².